The molecule has 0 unspecified atom stereocenters. The second kappa shape index (κ2) is 3.98. The molecule has 0 aromatic heterocycles. The summed E-state index contributed by atoms with van der Waals surface area (Å²) in [6.07, 6.45) is 1.11. The summed E-state index contributed by atoms with van der Waals surface area (Å²) >= 11 is 6.51. The smallest absolute Gasteiger partial charge is 0.229 e. The Balaban J connectivity index is 3.03. The minimum absolute atomic E-state index is 0.531. The Kier molecular flexibility index (Phi) is 3.37. The second-order valence-electron chi connectivity index (χ2n) is 2.53. The lowest BCUT2D eigenvalue weighted by Gasteiger charge is -2.04. The van der Waals surface area contributed by atoms with Crippen LogP contribution >= 0.6 is 31.9 Å². The molecule has 0 bridgehead atoms. The zero-order valence-corrected chi connectivity index (χ0v) is 10.7. The average molecular weight is 329 g/mol. The standard InChI is InChI=1S/C7H7Br2NO2S/c1-13(11,12)10-7-3-5(8)2-6(9)4-7/h2-4,10H,1H3. The summed E-state index contributed by atoms with van der Waals surface area (Å²) in [6.45, 7) is 0. The van der Waals surface area contributed by atoms with Gasteiger partial charge in [0, 0.05) is 8.95 Å². The first-order chi connectivity index (χ1) is 5.87. The van der Waals surface area contributed by atoms with E-state index in [9.17, 15) is 8.42 Å². The zero-order valence-electron chi connectivity index (χ0n) is 6.71. The highest BCUT2D eigenvalue weighted by molar-refractivity contribution is 9.11. The van der Waals surface area contributed by atoms with E-state index >= 15 is 0 Å². The molecule has 6 heteroatoms. The van der Waals surface area contributed by atoms with Crippen LogP contribution in [0.3, 0.4) is 0 Å². The summed E-state index contributed by atoms with van der Waals surface area (Å²) in [6, 6.07) is 5.20. The van der Waals surface area contributed by atoms with Gasteiger partial charge in [-0.25, -0.2) is 8.42 Å². The number of hydrogen-bond donors (Lipinski definition) is 1. The summed E-state index contributed by atoms with van der Waals surface area (Å²) < 4.78 is 25.8. The second-order valence-corrected chi connectivity index (χ2v) is 6.11. The molecule has 0 radical (unpaired) electrons. The van der Waals surface area contributed by atoms with Crippen molar-refractivity contribution in [1.82, 2.24) is 0 Å². The predicted molar refractivity (Wildman–Crippen MR) is 60.3 cm³/mol. The molecule has 1 aromatic rings. The quantitative estimate of drug-likeness (QED) is 0.907. The van der Waals surface area contributed by atoms with Crippen LogP contribution in [0.4, 0.5) is 5.69 Å². The van der Waals surface area contributed by atoms with Crippen LogP contribution in [0.2, 0.25) is 0 Å². The Bertz CT molecular complexity index is 396. The molecule has 3 nitrogen and oxygen atoms in total. The van der Waals surface area contributed by atoms with E-state index in [1.165, 1.54) is 0 Å². The van der Waals surface area contributed by atoms with Gasteiger partial charge in [0.25, 0.3) is 0 Å². The zero-order chi connectivity index (χ0) is 10.1. The average Bonchev–Trinajstić information content (AvgIpc) is 1.78. The molecule has 0 heterocycles. The van der Waals surface area contributed by atoms with Crippen molar-refractivity contribution in [3.63, 3.8) is 0 Å². The van der Waals surface area contributed by atoms with E-state index in [1.54, 1.807) is 12.1 Å². The van der Waals surface area contributed by atoms with Crippen LogP contribution in [0.5, 0.6) is 0 Å². The maximum absolute atomic E-state index is 10.9. The van der Waals surface area contributed by atoms with Gasteiger partial charge in [-0.2, -0.15) is 0 Å². The van der Waals surface area contributed by atoms with Crippen LogP contribution in [0.1, 0.15) is 0 Å². The molecule has 1 N–H and O–H groups in total. The number of sulfonamides is 1. The summed E-state index contributed by atoms with van der Waals surface area (Å²) in [5, 5.41) is 0. The van der Waals surface area contributed by atoms with Crippen molar-refractivity contribution in [1.29, 1.82) is 0 Å². The van der Waals surface area contributed by atoms with Crippen LogP contribution in [0.15, 0.2) is 27.1 Å². The maximum Gasteiger partial charge on any atom is 0.229 e. The molecule has 0 aliphatic carbocycles. The molecule has 0 saturated carbocycles. The van der Waals surface area contributed by atoms with Crippen molar-refractivity contribution in [2.75, 3.05) is 11.0 Å². The van der Waals surface area contributed by atoms with Gasteiger partial charge in [0.05, 0.1) is 11.9 Å². The molecule has 13 heavy (non-hydrogen) atoms. The SMILES string of the molecule is CS(=O)(=O)Nc1cc(Br)cc(Br)c1. The lowest BCUT2D eigenvalue weighted by Crippen LogP contribution is -2.09. The number of benzene rings is 1. The van der Waals surface area contributed by atoms with Gasteiger partial charge >= 0.3 is 0 Å². The first kappa shape index (κ1) is 11.0. The van der Waals surface area contributed by atoms with Crippen molar-refractivity contribution in [2.45, 2.75) is 0 Å². The fourth-order valence-corrected chi connectivity index (χ4v) is 2.67. The molecule has 0 spiro atoms. The third kappa shape index (κ3) is 4.10. The van der Waals surface area contributed by atoms with Crippen molar-refractivity contribution in [2.24, 2.45) is 0 Å². The molecular formula is C7H7Br2NO2S. The van der Waals surface area contributed by atoms with Gasteiger partial charge in [0.1, 0.15) is 0 Å². The minimum atomic E-state index is -3.20. The first-order valence-electron chi connectivity index (χ1n) is 3.31. The van der Waals surface area contributed by atoms with Crippen LogP contribution in [-0.4, -0.2) is 14.7 Å². The third-order valence-corrected chi connectivity index (χ3v) is 2.69. The van der Waals surface area contributed by atoms with E-state index in [4.69, 9.17) is 0 Å². The molecule has 72 valence electrons. The normalized spacial score (nSPS) is 11.3. The molecular weight excluding hydrogens is 322 g/mol. The minimum Gasteiger partial charge on any atom is -0.284 e. The maximum atomic E-state index is 10.9. The van der Waals surface area contributed by atoms with E-state index in [0.29, 0.717) is 5.69 Å². The van der Waals surface area contributed by atoms with E-state index in [2.05, 4.69) is 36.6 Å². The van der Waals surface area contributed by atoms with Gasteiger partial charge in [-0.3, -0.25) is 4.72 Å². The molecule has 0 atom stereocenters. The Morgan fingerprint density at radius 1 is 1.15 bits per heavy atom. The van der Waals surface area contributed by atoms with Gasteiger partial charge in [-0.05, 0) is 18.2 Å². The fourth-order valence-electron chi connectivity index (χ4n) is 0.827. The summed E-state index contributed by atoms with van der Waals surface area (Å²) in [7, 11) is -3.20. The van der Waals surface area contributed by atoms with E-state index < -0.39 is 10.0 Å². The number of rotatable bonds is 2. The van der Waals surface area contributed by atoms with Gasteiger partial charge in [-0.1, -0.05) is 31.9 Å². The van der Waals surface area contributed by atoms with Crippen LogP contribution in [-0.2, 0) is 10.0 Å². The van der Waals surface area contributed by atoms with Gasteiger partial charge in [-0.15, -0.1) is 0 Å². The molecule has 0 aliphatic rings. The van der Waals surface area contributed by atoms with Crippen molar-refractivity contribution in [3.05, 3.63) is 27.1 Å². The van der Waals surface area contributed by atoms with E-state index in [0.717, 1.165) is 15.2 Å². The van der Waals surface area contributed by atoms with Crippen molar-refractivity contribution >= 4 is 47.6 Å². The molecule has 1 rings (SSSR count). The predicted octanol–water partition coefficient (Wildman–Crippen LogP) is 2.58. The number of anilines is 1. The Labute approximate surface area is 93.8 Å². The largest absolute Gasteiger partial charge is 0.284 e. The monoisotopic (exact) mass is 327 g/mol. The topological polar surface area (TPSA) is 46.2 Å². The number of nitrogens with one attached hydrogen (secondary N) is 1. The molecule has 0 saturated heterocycles. The molecule has 1 aromatic carbocycles. The first-order valence-corrected chi connectivity index (χ1v) is 6.78. The molecule has 0 amide bonds. The highest BCUT2D eigenvalue weighted by atomic mass is 79.9. The van der Waals surface area contributed by atoms with E-state index in [1.807, 2.05) is 6.07 Å². The van der Waals surface area contributed by atoms with Crippen LogP contribution < -0.4 is 4.72 Å². The molecule has 0 aliphatic heterocycles. The number of hydrogen-bond acceptors (Lipinski definition) is 2. The third-order valence-electron chi connectivity index (χ3n) is 1.17. The Morgan fingerprint density at radius 2 is 1.62 bits per heavy atom. The van der Waals surface area contributed by atoms with Crippen LogP contribution in [0.25, 0.3) is 0 Å². The van der Waals surface area contributed by atoms with Gasteiger partial charge in [0.15, 0.2) is 0 Å². The summed E-state index contributed by atoms with van der Waals surface area (Å²) in [5.41, 5.74) is 0.531. The molecule has 0 fully saturated rings. The van der Waals surface area contributed by atoms with Gasteiger partial charge < -0.3 is 0 Å². The number of halogens is 2. The summed E-state index contributed by atoms with van der Waals surface area (Å²) in [4.78, 5) is 0. The summed E-state index contributed by atoms with van der Waals surface area (Å²) in [5.74, 6) is 0. The van der Waals surface area contributed by atoms with Crippen LogP contribution in [0, 0.1) is 0 Å². The highest BCUT2D eigenvalue weighted by Gasteiger charge is 2.02. The Hall–Kier alpha value is -0.0700. The van der Waals surface area contributed by atoms with E-state index in [-0.39, 0.29) is 0 Å². The van der Waals surface area contributed by atoms with Gasteiger partial charge in [0.2, 0.25) is 10.0 Å². The Morgan fingerprint density at radius 3 is 2.00 bits per heavy atom. The van der Waals surface area contributed by atoms with Crippen molar-refractivity contribution in [3.8, 4) is 0 Å². The fraction of sp³-hybridized carbons (Fsp3) is 0.143. The highest BCUT2D eigenvalue weighted by Crippen LogP contribution is 2.23. The lowest BCUT2D eigenvalue weighted by atomic mass is 10.3. The van der Waals surface area contributed by atoms with Crippen molar-refractivity contribution < 1.29 is 8.42 Å². The lowest BCUT2D eigenvalue weighted by molar-refractivity contribution is 0.607.